The normalized spacial score (nSPS) is 21.7. The molecule has 2 aromatic carbocycles. The highest BCUT2D eigenvalue weighted by atomic mass is 19.1. The van der Waals surface area contributed by atoms with Gasteiger partial charge in [0.15, 0.2) is 0 Å². The second-order valence-electron chi connectivity index (χ2n) is 9.21. The molecule has 1 saturated carbocycles. The quantitative estimate of drug-likeness (QED) is 0.298. The molecule has 2 unspecified atom stereocenters. The van der Waals surface area contributed by atoms with Gasteiger partial charge in [-0.25, -0.2) is 22.4 Å². The maximum atomic E-state index is 15.5. The van der Waals surface area contributed by atoms with Gasteiger partial charge in [-0.15, -0.1) is 0 Å². The Bertz CT molecular complexity index is 1290. The van der Waals surface area contributed by atoms with E-state index in [0.717, 1.165) is 18.2 Å². The van der Waals surface area contributed by atoms with Gasteiger partial charge in [0.2, 0.25) is 0 Å². The standard InChI is InChI=1S/C26H24F4N2O2/c1-14-10-16-22-17(27)4-3-5-20(22)31-24(16)25(32(14)13-26(30)8-9-26)23-18(28)11-15(12-19(23)29)6-7-21(33)34-2/h3-7,11-12,14,25,31H,8-10,13H2,1-2H3/b7-6+. The topological polar surface area (TPSA) is 45.3 Å². The molecule has 178 valence electrons. The van der Waals surface area contributed by atoms with Gasteiger partial charge >= 0.3 is 5.97 Å². The molecule has 0 spiro atoms. The van der Waals surface area contributed by atoms with Gasteiger partial charge in [-0.1, -0.05) is 6.07 Å². The van der Waals surface area contributed by atoms with Crippen molar-refractivity contribution in [3.8, 4) is 0 Å². The van der Waals surface area contributed by atoms with Gasteiger partial charge in [-0.2, -0.15) is 0 Å². The van der Waals surface area contributed by atoms with Crippen molar-refractivity contribution in [1.82, 2.24) is 9.88 Å². The third-order valence-corrected chi connectivity index (χ3v) is 6.83. The lowest BCUT2D eigenvalue weighted by Gasteiger charge is -2.41. The number of fused-ring (bicyclic) bond motifs is 3. The molecule has 0 bridgehead atoms. The Hall–Kier alpha value is -3.13. The molecule has 1 aliphatic carbocycles. The Morgan fingerprint density at radius 1 is 1.21 bits per heavy atom. The monoisotopic (exact) mass is 472 g/mol. The fourth-order valence-electron chi connectivity index (χ4n) is 4.94. The van der Waals surface area contributed by atoms with E-state index in [2.05, 4.69) is 9.72 Å². The van der Waals surface area contributed by atoms with E-state index in [1.54, 1.807) is 17.0 Å². The highest BCUT2D eigenvalue weighted by Gasteiger charge is 2.49. The number of esters is 1. The first-order valence-corrected chi connectivity index (χ1v) is 11.2. The van der Waals surface area contributed by atoms with Crippen LogP contribution in [0.25, 0.3) is 17.0 Å². The van der Waals surface area contributed by atoms with Crippen molar-refractivity contribution in [1.29, 1.82) is 0 Å². The average Bonchev–Trinajstić information content (AvgIpc) is 3.40. The molecule has 0 amide bonds. The third-order valence-electron chi connectivity index (χ3n) is 6.83. The molecule has 1 fully saturated rings. The summed E-state index contributed by atoms with van der Waals surface area (Å²) >= 11 is 0. The Morgan fingerprint density at radius 2 is 1.91 bits per heavy atom. The number of hydrogen-bond donors (Lipinski definition) is 1. The van der Waals surface area contributed by atoms with Crippen molar-refractivity contribution in [2.24, 2.45) is 0 Å². The van der Waals surface area contributed by atoms with Crippen LogP contribution in [0, 0.1) is 17.5 Å². The van der Waals surface area contributed by atoms with Crippen LogP contribution in [0.4, 0.5) is 17.6 Å². The van der Waals surface area contributed by atoms with Gasteiger partial charge < -0.3 is 9.72 Å². The maximum Gasteiger partial charge on any atom is 0.330 e. The molecule has 2 aliphatic rings. The molecule has 5 rings (SSSR count). The summed E-state index contributed by atoms with van der Waals surface area (Å²) in [6, 6.07) is 5.65. The number of benzene rings is 2. The number of halogens is 4. The molecule has 2 heterocycles. The number of alkyl halides is 1. The summed E-state index contributed by atoms with van der Waals surface area (Å²) in [5, 5.41) is 0.397. The number of H-pyrrole nitrogens is 1. The molecular formula is C26H24F4N2O2. The van der Waals surface area contributed by atoms with Crippen molar-refractivity contribution in [3.63, 3.8) is 0 Å². The smallest absolute Gasteiger partial charge is 0.330 e. The first-order chi connectivity index (χ1) is 16.2. The van der Waals surface area contributed by atoms with E-state index in [1.165, 1.54) is 19.3 Å². The maximum absolute atomic E-state index is 15.5. The number of methoxy groups -OCH3 is 1. The van der Waals surface area contributed by atoms with Crippen LogP contribution in [-0.2, 0) is 16.0 Å². The molecule has 34 heavy (non-hydrogen) atoms. The number of aromatic nitrogens is 1. The highest BCUT2D eigenvalue weighted by Crippen LogP contribution is 2.47. The first kappa shape index (κ1) is 22.7. The largest absolute Gasteiger partial charge is 0.466 e. The average molecular weight is 472 g/mol. The molecule has 8 heteroatoms. The zero-order valence-electron chi connectivity index (χ0n) is 18.8. The van der Waals surface area contributed by atoms with Gasteiger partial charge in [0.1, 0.15) is 23.1 Å². The minimum absolute atomic E-state index is 0.0268. The number of rotatable bonds is 5. The zero-order chi connectivity index (χ0) is 24.2. The molecule has 0 radical (unpaired) electrons. The Balaban J connectivity index is 1.67. The molecule has 4 nitrogen and oxygen atoms in total. The van der Waals surface area contributed by atoms with Gasteiger partial charge in [0.25, 0.3) is 0 Å². The summed E-state index contributed by atoms with van der Waals surface area (Å²) in [5.74, 6) is -2.73. The van der Waals surface area contributed by atoms with E-state index in [9.17, 15) is 13.6 Å². The Kier molecular flexibility index (Phi) is 5.51. The number of carbonyl (C=O) groups excluding carboxylic acids is 1. The summed E-state index contributed by atoms with van der Waals surface area (Å²) in [4.78, 5) is 16.3. The predicted molar refractivity (Wildman–Crippen MR) is 120 cm³/mol. The van der Waals surface area contributed by atoms with Crippen LogP contribution in [0.5, 0.6) is 0 Å². The number of hydrogen-bond acceptors (Lipinski definition) is 3. The Labute approximate surface area is 194 Å². The molecule has 1 N–H and O–H groups in total. The molecular weight excluding hydrogens is 448 g/mol. The van der Waals surface area contributed by atoms with E-state index in [1.807, 2.05) is 6.92 Å². The minimum Gasteiger partial charge on any atom is -0.466 e. The number of nitrogens with one attached hydrogen (secondary N) is 1. The fourth-order valence-corrected chi connectivity index (χ4v) is 4.94. The number of nitrogens with zero attached hydrogens (tertiary/aromatic N) is 1. The van der Waals surface area contributed by atoms with E-state index >= 15 is 8.78 Å². The van der Waals surface area contributed by atoms with Crippen molar-refractivity contribution >= 4 is 22.9 Å². The summed E-state index contributed by atoms with van der Waals surface area (Å²) < 4.78 is 65.1. The number of aromatic amines is 1. The lowest BCUT2D eigenvalue weighted by Crippen LogP contribution is -2.46. The van der Waals surface area contributed by atoms with E-state index in [-0.39, 0.29) is 23.7 Å². The molecule has 1 aliphatic heterocycles. The van der Waals surface area contributed by atoms with Crippen molar-refractivity contribution in [3.05, 3.63) is 76.2 Å². The summed E-state index contributed by atoms with van der Waals surface area (Å²) in [5.41, 5.74) is 0.170. The van der Waals surface area contributed by atoms with Crippen LogP contribution in [0.2, 0.25) is 0 Å². The molecule has 2 atom stereocenters. The Morgan fingerprint density at radius 3 is 2.56 bits per heavy atom. The van der Waals surface area contributed by atoms with Crippen LogP contribution in [0.3, 0.4) is 0 Å². The van der Waals surface area contributed by atoms with Crippen LogP contribution < -0.4 is 0 Å². The molecule has 1 aromatic heterocycles. The second-order valence-corrected chi connectivity index (χ2v) is 9.21. The lowest BCUT2D eigenvalue weighted by atomic mass is 9.87. The zero-order valence-corrected chi connectivity index (χ0v) is 18.8. The van der Waals surface area contributed by atoms with E-state index in [4.69, 9.17) is 0 Å². The van der Waals surface area contributed by atoms with Gasteiger partial charge in [-0.05, 0) is 67.7 Å². The van der Waals surface area contributed by atoms with Crippen molar-refractivity contribution in [2.75, 3.05) is 13.7 Å². The third kappa shape index (κ3) is 3.90. The highest BCUT2D eigenvalue weighted by molar-refractivity contribution is 5.87. The van der Waals surface area contributed by atoms with E-state index < -0.39 is 35.1 Å². The summed E-state index contributed by atoms with van der Waals surface area (Å²) in [6.07, 6.45) is 3.56. The summed E-state index contributed by atoms with van der Waals surface area (Å²) in [6.45, 7) is 1.89. The second kappa shape index (κ2) is 8.27. The van der Waals surface area contributed by atoms with Crippen LogP contribution >= 0.6 is 0 Å². The lowest BCUT2D eigenvalue weighted by molar-refractivity contribution is -0.134. The van der Waals surface area contributed by atoms with E-state index in [0.29, 0.717) is 41.4 Å². The molecule has 3 aromatic rings. The summed E-state index contributed by atoms with van der Waals surface area (Å²) in [7, 11) is 1.20. The first-order valence-electron chi connectivity index (χ1n) is 11.2. The number of carbonyl (C=O) groups is 1. The van der Waals surface area contributed by atoms with Crippen LogP contribution in [0.1, 0.15) is 48.2 Å². The number of ether oxygens (including phenoxy) is 1. The van der Waals surface area contributed by atoms with Crippen molar-refractivity contribution < 1.29 is 27.1 Å². The fraction of sp³-hybridized carbons (Fsp3) is 0.346. The van der Waals surface area contributed by atoms with Crippen LogP contribution in [0.15, 0.2) is 36.4 Å². The van der Waals surface area contributed by atoms with Gasteiger partial charge in [-0.3, -0.25) is 4.90 Å². The van der Waals surface area contributed by atoms with Crippen LogP contribution in [-0.4, -0.2) is 41.2 Å². The minimum atomic E-state index is -1.39. The van der Waals surface area contributed by atoms with Gasteiger partial charge in [0, 0.05) is 40.8 Å². The van der Waals surface area contributed by atoms with Gasteiger partial charge in [0.05, 0.1) is 13.2 Å². The predicted octanol–water partition coefficient (Wildman–Crippen LogP) is 5.61. The van der Waals surface area contributed by atoms with Crippen molar-refractivity contribution in [2.45, 2.75) is 43.9 Å². The molecule has 0 saturated heterocycles. The SMILES string of the molecule is COC(=O)/C=C/c1cc(F)c(C2c3[nH]c4cccc(F)c4c3CC(C)N2CC2(F)CC2)c(F)c1.